The predicted molar refractivity (Wildman–Crippen MR) is 79.8 cm³/mol. The Labute approximate surface area is 122 Å². The largest absolute Gasteiger partial charge is 0.322 e. The summed E-state index contributed by atoms with van der Waals surface area (Å²) in [6, 6.07) is 11.5. The van der Waals surface area contributed by atoms with Crippen LogP contribution < -0.4 is 5.32 Å². The standard InChI is InChI=1S/C16H15ClFNO/c1-10-7-12(9-13(18)8-10)16(20)19-15-6-4-3-5-14(15)11(2)17/h3-9,11H,1-2H3,(H,19,20). The molecule has 0 spiro atoms. The summed E-state index contributed by atoms with van der Waals surface area (Å²) >= 11 is 6.08. The topological polar surface area (TPSA) is 29.1 Å². The third-order valence-corrected chi connectivity index (χ3v) is 3.18. The molecule has 2 aromatic rings. The van der Waals surface area contributed by atoms with Crippen molar-refractivity contribution < 1.29 is 9.18 Å². The Morgan fingerprint density at radius 3 is 2.60 bits per heavy atom. The van der Waals surface area contributed by atoms with Crippen molar-refractivity contribution in [3.63, 3.8) is 0 Å². The van der Waals surface area contributed by atoms with Gasteiger partial charge in [0.1, 0.15) is 5.82 Å². The SMILES string of the molecule is Cc1cc(F)cc(C(=O)Nc2ccccc2C(C)Cl)c1. The number of hydrogen-bond donors (Lipinski definition) is 1. The Hall–Kier alpha value is -1.87. The van der Waals surface area contributed by atoms with Crippen molar-refractivity contribution in [2.75, 3.05) is 5.32 Å². The van der Waals surface area contributed by atoms with E-state index in [1.807, 2.05) is 25.1 Å². The molecule has 0 bridgehead atoms. The lowest BCUT2D eigenvalue weighted by Gasteiger charge is -2.12. The molecular formula is C16H15ClFNO. The van der Waals surface area contributed by atoms with Gasteiger partial charge in [-0.3, -0.25) is 4.79 Å². The molecule has 1 atom stereocenters. The molecule has 0 fully saturated rings. The van der Waals surface area contributed by atoms with Crippen molar-refractivity contribution in [2.24, 2.45) is 0 Å². The highest BCUT2D eigenvalue weighted by atomic mass is 35.5. The van der Waals surface area contributed by atoms with Crippen molar-refractivity contribution in [1.82, 2.24) is 0 Å². The van der Waals surface area contributed by atoms with Gasteiger partial charge in [0.15, 0.2) is 0 Å². The molecule has 1 unspecified atom stereocenters. The highest BCUT2D eigenvalue weighted by molar-refractivity contribution is 6.21. The molecule has 2 rings (SSSR count). The van der Waals surface area contributed by atoms with Crippen LogP contribution in [0.25, 0.3) is 0 Å². The fraction of sp³-hybridized carbons (Fsp3) is 0.188. The summed E-state index contributed by atoms with van der Waals surface area (Å²) < 4.78 is 13.3. The van der Waals surface area contributed by atoms with Gasteiger partial charge in [0.25, 0.3) is 5.91 Å². The van der Waals surface area contributed by atoms with E-state index in [0.29, 0.717) is 16.8 Å². The first-order valence-corrected chi connectivity index (χ1v) is 6.72. The van der Waals surface area contributed by atoms with Crippen LogP contribution in [0.1, 0.15) is 33.8 Å². The summed E-state index contributed by atoms with van der Waals surface area (Å²) in [5.41, 5.74) is 2.46. The van der Waals surface area contributed by atoms with E-state index in [1.165, 1.54) is 12.1 Å². The second-order valence-electron chi connectivity index (χ2n) is 4.67. The molecule has 0 aromatic heterocycles. The summed E-state index contributed by atoms with van der Waals surface area (Å²) in [5, 5.41) is 2.55. The molecule has 1 N–H and O–H groups in total. The van der Waals surface area contributed by atoms with Crippen LogP contribution in [0.2, 0.25) is 0 Å². The number of para-hydroxylation sites is 1. The zero-order valence-electron chi connectivity index (χ0n) is 11.3. The Kier molecular flexibility index (Phi) is 4.40. The number of carbonyl (C=O) groups excluding carboxylic acids is 1. The van der Waals surface area contributed by atoms with Crippen molar-refractivity contribution in [1.29, 1.82) is 0 Å². The predicted octanol–water partition coefficient (Wildman–Crippen LogP) is 4.69. The molecule has 0 radical (unpaired) electrons. The average Bonchev–Trinajstić information content (AvgIpc) is 2.37. The monoisotopic (exact) mass is 291 g/mol. The van der Waals surface area contributed by atoms with Crippen LogP contribution in [0.4, 0.5) is 10.1 Å². The first kappa shape index (κ1) is 14.5. The average molecular weight is 292 g/mol. The van der Waals surface area contributed by atoms with Gasteiger partial charge in [-0.25, -0.2) is 4.39 Å². The Bertz CT molecular complexity index is 620. The minimum atomic E-state index is -0.422. The molecule has 0 saturated heterocycles. The van der Waals surface area contributed by atoms with E-state index in [9.17, 15) is 9.18 Å². The highest BCUT2D eigenvalue weighted by Crippen LogP contribution is 2.27. The fourth-order valence-corrected chi connectivity index (χ4v) is 2.21. The number of carbonyl (C=O) groups is 1. The highest BCUT2D eigenvalue weighted by Gasteiger charge is 2.12. The van der Waals surface area contributed by atoms with Gasteiger partial charge in [-0.1, -0.05) is 18.2 Å². The number of rotatable bonds is 3. The van der Waals surface area contributed by atoms with Gasteiger partial charge in [-0.2, -0.15) is 0 Å². The molecule has 0 saturated carbocycles. The minimum absolute atomic E-state index is 0.222. The summed E-state index contributed by atoms with van der Waals surface area (Å²) in [4.78, 5) is 12.2. The number of halogens is 2. The molecule has 0 heterocycles. The molecule has 1 amide bonds. The number of anilines is 1. The van der Waals surface area contributed by atoms with E-state index in [1.54, 1.807) is 19.1 Å². The Morgan fingerprint density at radius 1 is 1.25 bits per heavy atom. The van der Waals surface area contributed by atoms with E-state index in [-0.39, 0.29) is 11.3 Å². The maximum Gasteiger partial charge on any atom is 0.255 e. The summed E-state index contributed by atoms with van der Waals surface area (Å²) in [7, 11) is 0. The van der Waals surface area contributed by atoms with Gasteiger partial charge >= 0.3 is 0 Å². The molecule has 20 heavy (non-hydrogen) atoms. The smallest absolute Gasteiger partial charge is 0.255 e. The summed E-state index contributed by atoms with van der Waals surface area (Å²) in [6.07, 6.45) is 0. The molecule has 4 heteroatoms. The van der Waals surface area contributed by atoms with Gasteiger partial charge < -0.3 is 5.32 Å². The van der Waals surface area contributed by atoms with Crippen LogP contribution in [0, 0.1) is 12.7 Å². The molecule has 104 valence electrons. The Morgan fingerprint density at radius 2 is 1.95 bits per heavy atom. The number of aryl methyl sites for hydroxylation is 1. The second kappa shape index (κ2) is 6.06. The first-order valence-electron chi connectivity index (χ1n) is 6.29. The first-order chi connectivity index (χ1) is 9.47. The number of nitrogens with one attached hydrogen (secondary N) is 1. The number of alkyl halides is 1. The van der Waals surface area contributed by atoms with E-state index < -0.39 is 5.82 Å². The Balaban J connectivity index is 2.28. The summed E-state index contributed by atoms with van der Waals surface area (Å²) in [6.45, 7) is 3.58. The van der Waals surface area contributed by atoms with Crippen LogP contribution in [-0.4, -0.2) is 5.91 Å². The summed E-state index contributed by atoms with van der Waals surface area (Å²) in [5.74, 6) is -0.772. The van der Waals surface area contributed by atoms with E-state index in [4.69, 9.17) is 11.6 Å². The normalized spacial score (nSPS) is 12.0. The van der Waals surface area contributed by atoms with Crippen molar-refractivity contribution in [3.05, 3.63) is 65.0 Å². The molecule has 0 aliphatic rings. The van der Waals surface area contributed by atoms with Gasteiger partial charge in [0, 0.05) is 11.3 Å². The molecular weight excluding hydrogens is 277 g/mol. The van der Waals surface area contributed by atoms with Gasteiger partial charge in [-0.05, 0) is 49.2 Å². The maximum atomic E-state index is 13.3. The molecule has 0 aliphatic heterocycles. The second-order valence-corrected chi connectivity index (χ2v) is 5.33. The van der Waals surface area contributed by atoms with Gasteiger partial charge in [-0.15, -0.1) is 11.6 Å². The fourth-order valence-electron chi connectivity index (χ4n) is 2.02. The van der Waals surface area contributed by atoms with Gasteiger partial charge in [0.05, 0.1) is 5.38 Å². The molecule has 2 nitrogen and oxygen atoms in total. The number of benzene rings is 2. The van der Waals surface area contributed by atoms with Crippen molar-refractivity contribution in [2.45, 2.75) is 19.2 Å². The van der Waals surface area contributed by atoms with Crippen LogP contribution in [0.15, 0.2) is 42.5 Å². The van der Waals surface area contributed by atoms with Crippen LogP contribution in [-0.2, 0) is 0 Å². The van der Waals surface area contributed by atoms with Crippen LogP contribution >= 0.6 is 11.6 Å². The number of amides is 1. The van der Waals surface area contributed by atoms with Crippen molar-refractivity contribution in [3.8, 4) is 0 Å². The molecule has 2 aromatic carbocycles. The third-order valence-electron chi connectivity index (χ3n) is 2.94. The minimum Gasteiger partial charge on any atom is -0.322 e. The van der Waals surface area contributed by atoms with Crippen LogP contribution in [0.5, 0.6) is 0 Å². The van der Waals surface area contributed by atoms with Gasteiger partial charge in [0.2, 0.25) is 0 Å². The lowest BCUT2D eigenvalue weighted by Crippen LogP contribution is -2.14. The lowest BCUT2D eigenvalue weighted by molar-refractivity contribution is 0.102. The maximum absolute atomic E-state index is 13.3. The van der Waals surface area contributed by atoms with Crippen molar-refractivity contribution >= 4 is 23.2 Å². The van der Waals surface area contributed by atoms with Crippen LogP contribution in [0.3, 0.4) is 0 Å². The zero-order chi connectivity index (χ0) is 14.7. The quantitative estimate of drug-likeness (QED) is 0.817. The van der Waals surface area contributed by atoms with E-state index in [0.717, 1.165) is 5.56 Å². The number of hydrogen-bond acceptors (Lipinski definition) is 1. The third kappa shape index (κ3) is 3.36. The van der Waals surface area contributed by atoms with E-state index >= 15 is 0 Å². The lowest BCUT2D eigenvalue weighted by atomic mass is 10.1. The zero-order valence-corrected chi connectivity index (χ0v) is 12.0. The van der Waals surface area contributed by atoms with E-state index in [2.05, 4.69) is 5.32 Å². The molecule has 0 aliphatic carbocycles.